The SMILES string of the molecule is Cc1c(S(=O)(=O)O)cc(-c2cc(C(=O)O)c(O)c(S(=O)(=O)O)c2)cc1S(=O)(=O)O. The molecule has 0 bridgehead atoms. The van der Waals surface area contributed by atoms with E-state index in [0.29, 0.717) is 24.3 Å². The molecule has 0 amide bonds. The Hall–Kier alpha value is -2.56. The molecule has 2 aromatic carbocycles. The van der Waals surface area contributed by atoms with E-state index in [9.17, 15) is 48.8 Å². The average molecular weight is 468 g/mol. The van der Waals surface area contributed by atoms with Crippen LogP contribution in [0, 0.1) is 6.92 Å². The number of carboxylic acids is 1. The highest BCUT2D eigenvalue weighted by Crippen LogP contribution is 2.36. The van der Waals surface area contributed by atoms with Crippen LogP contribution < -0.4 is 0 Å². The number of phenols is 1. The van der Waals surface area contributed by atoms with Crippen LogP contribution in [0.4, 0.5) is 0 Å². The van der Waals surface area contributed by atoms with E-state index in [1.165, 1.54) is 0 Å². The molecule has 0 spiro atoms. The molecule has 29 heavy (non-hydrogen) atoms. The maximum Gasteiger partial charge on any atom is 0.339 e. The van der Waals surface area contributed by atoms with Crippen LogP contribution in [0.1, 0.15) is 15.9 Å². The minimum Gasteiger partial charge on any atom is -0.506 e. The van der Waals surface area contributed by atoms with E-state index >= 15 is 0 Å². The van der Waals surface area contributed by atoms with E-state index in [1.807, 2.05) is 0 Å². The molecule has 0 aliphatic heterocycles. The molecule has 0 fully saturated rings. The van der Waals surface area contributed by atoms with Crippen LogP contribution in [-0.2, 0) is 30.4 Å². The standard InChI is InChI=1S/C14H12O12S3/c1-6-10(27(18,19)20)3-8(4-11(6)28(21,22)23)7-2-9(14(16)17)13(15)12(5-7)29(24,25)26/h2-5,15H,1H3,(H,16,17)(H,18,19,20)(H,21,22,23)(H,24,25,26). The van der Waals surface area contributed by atoms with E-state index in [1.54, 1.807) is 0 Å². The molecule has 0 saturated carbocycles. The Bertz CT molecular complexity index is 1300. The zero-order valence-corrected chi connectivity index (χ0v) is 16.6. The Balaban J connectivity index is 3.06. The summed E-state index contributed by atoms with van der Waals surface area (Å²) >= 11 is 0. The smallest absolute Gasteiger partial charge is 0.339 e. The van der Waals surface area contributed by atoms with Crippen molar-refractivity contribution < 1.29 is 53.9 Å². The van der Waals surface area contributed by atoms with Crippen LogP contribution in [0.2, 0.25) is 0 Å². The molecule has 0 heterocycles. The summed E-state index contributed by atoms with van der Waals surface area (Å²) in [4.78, 5) is 8.09. The largest absolute Gasteiger partial charge is 0.506 e. The predicted octanol–water partition coefficient (Wildman–Crippen LogP) is 0.806. The fourth-order valence-corrected chi connectivity index (χ4v) is 4.74. The molecule has 158 valence electrons. The molecule has 0 aliphatic rings. The first-order chi connectivity index (χ1) is 12.9. The van der Waals surface area contributed by atoms with Gasteiger partial charge >= 0.3 is 5.97 Å². The molecule has 0 aromatic heterocycles. The molecule has 5 N–H and O–H groups in total. The number of aromatic carboxylic acids is 1. The van der Waals surface area contributed by atoms with Crippen LogP contribution >= 0.6 is 0 Å². The van der Waals surface area contributed by atoms with E-state index in [2.05, 4.69) is 0 Å². The molecule has 2 rings (SSSR count). The third-order valence-electron chi connectivity index (χ3n) is 3.78. The van der Waals surface area contributed by atoms with Crippen molar-refractivity contribution in [3.63, 3.8) is 0 Å². The number of aromatic hydroxyl groups is 1. The minimum absolute atomic E-state index is 0.469. The lowest BCUT2D eigenvalue weighted by Crippen LogP contribution is -2.09. The fraction of sp³-hybridized carbons (Fsp3) is 0.0714. The molecule has 2 aromatic rings. The Labute approximate surface area is 164 Å². The van der Waals surface area contributed by atoms with Crippen molar-refractivity contribution in [3.8, 4) is 16.9 Å². The van der Waals surface area contributed by atoms with Crippen molar-refractivity contribution in [3.05, 3.63) is 35.4 Å². The first-order valence-electron chi connectivity index (χ1n) is 7.12. The summed E-state index contributed by atoms with van der Waals surface area (Å²) in [6.07, 6.45) is 0. The number of hydrogen-bond donors (Lipinski definition) is 5. The monoisotopic (exact) mass is 468 g/mol. The lowest BCUT2D eigenvalue weighted by Gasteiger charge is -2.13. The van der Waals surface area contributed by atoms with Crippen molar-refractivity contribution in [2.24, 2.45) is 0 Å². The molecule has 15 heteroatoms. The molecule has 0 atom stereocenters. The lowest BCUT2D eigenvalue weighted by atomic mass is 10.0. The van der Waals surface area contributed by atoms with Gasteiger partial charge in [-0.2, -0.15) is 25.3 Å². The Morgan fingerprint density at radius 3 is 1.41 bits per heavy atom. The second-order valence-corrected chi connectivity index (χ2v) is 9.87. The van der Waals surface area contributed by atoms with Gasteiger partial charge in [-0.05, 0) is 47.9 Å². The lowest BCUT2D eigenvalue weighted by molar-refractivity contribution is 0.0693. The van der Waals surface area contributed by atoms with Gasteiger partial charge < -0.3 is 10.2 Å². The molecule has 0 unspecified atom stereocenters. The number of benzene rings is 2. The Morgan fingerprint density at radius 2 is 1.07 bits per heavy atom. The second-order valence-electron chi connectivity index (χ2n) is 5.70. The predicted molar refractivity (Wildman–Crippen MR) is 94.7 cm³/mol. The molecule has 0 aliphatic carbocycles. The summed E-state index contributed by atoms with van der Waals surface area (Å²) in [6.45, 7) is 0.957. The third kappa shape index (κ3) is 4.55. The summed E-state index contributed by atoms with van der Waals surface area (Å²) in [5.41, 5.74) is -2.52. The number of carbonyl (C=O) groups is 1. The van der Waals surface area contributed by atoms with Gasteiger partial charge in [0.15, 0.2) is 5.75 Å². The summed E-state index contributed by atoms with van der Waals surface area (Å²) in [6, 6.07) is 2.58. The van der Waals surface area contributed by atoms with Gasteiger partial charge in [-0.25, -0.2) is 4.79 Å². The maximum absolute atomic E-state index is 11.6. The number of rotatable bonds is 5. The van der Waals surface area contributed by atoms with Crippen molar-refractivity contribution >= 4 is 36.3 Å². The van der Waals surface area contributed by atoms with Gasteiger partial charge in [0.25, 0.3) is 30.4 Å². The Kier molecular flexibility index (Phi) is 5.52. The van der Waals surface area contributed by atoms with Gasteiger partial charge in [-0.15, -0.1) is 0 Å². The molecule has 0 radical (unpaired) electrons. The van der Waals surface area contributed by atoms with Crippen LogP contribution in [0.15, 0.2) is 39.0 Å². The molecular formula is C14H12O12S3. The van der Waals surface area contributed by atoms with Gasteiger partial charge in [0.05, 0.1) is 9.79 Å². The van der Waals surface area contributed by atoms with Crippen molar-refractivity contribution in [2.75, 3.05) is 0 Å². The fourth-order valence-electron chi connectivity index (χ4n) is 2.50. The molecule has 0 saturated heterocycles. The van der Waals surface area contributed by atoms with Gasteiger partial charge in [-0.3, -0.25) is 13.7 Å². The van der Waals surface area contributed by atoms with Crippen LogP contribution in [0.25, 0.3) is 11.1 Å². The number of carboxylic acid groups (broad SMARTS) is 1. The summed E-state index contributed by atoms with van der Waals surface area (Å²) < 4.78 is 97.1. The highest BCUT2D eigenvalue weighted by molar-refractivity contribution is 7.87. The second kappa shape index (κ2) is 7.05. The van der Waals surface area contributed by atoms with Gasteiger partial charge in [0.1, 0.15) is 10.5 Å². The molecule has 12 nitrogen and oxygen atoms in total. The summed E-state index contributed by atoms with van der Waals surface area (Å²) in [5.74, 6) is -3.15. The Morgan fingerprint density at radius 1 is 0.724 bits per heavy atom. The first-order valence-corrected chi connectivity index (χ1v) is 11.4. The van der Waals surface area contributed by atoms with Gasteiger partial charge in [0, 0.05) is 0 Å². The highest BCUT2D eigenvalue weighted by Gasteiger charge is 2.27. The summed E-state index contributed by atoms with van der Waals surface area (Å²) in [7, 11) is -15.2. The van der Waals surface area contributed by atoms with E-state index in [0.717, 1.165) is 6.92 Å². The van der Waals surface area contributed by atoms with Gasteiger partial charge in [-0.1, -0.05) is 0 Å². The first kappa shape index (κ1) is 22.7. The maximum atomic E-state index is 11.6. The normalized spacial score (nSPS) is 12.7. The van der Waals surface area contributed by atoms with Crippen molar-refractivity contribution in [2.45, 2.75) is 21.6 Å². The average Bonchev–Trinajstić information content (AvgIpc) is 2.51. The minimum atomic E-state index is -5.15. The van der Waals surface area contributed by atoms with Gasteiger partial charge in [0.2, 0.25) is 0 Å². The quantitative estimate of drug-likeness (QED) is 0.385. The van der Waals surface area contributed by atoms with Crippen molar-refractivity contribution in [1.82, 2.24) is 0 Å². The number of hydrogen-bond acceptors (Lipinski definition) is 8. The highest BCUT2D eigenvalue weighted by atomic mass is 32.2. The van der Waals surface area contributed by atoms with Crippen molar-refractivity contribution in [1.29, 1.82) is 0 Å². The van der Waals surface area contributed by atoms with Crippen LogP contribution in [0.5, 0.6) is 5.75 Å². The van der Waals surface area contributed by atoms with E-state index in [4.69, 9.17) is 5.11 Å². The van der Waals surface area contributed by atoms with Crippen LogP contribution in [0.3, 0.4) is 0 Å². The topological polar surface area (TPSA) is 221 Å². The summed E-state index contributed by atoms with van der Waals surface area (Å²) in [5, 5.41) is 18.9. The molecular weight excluding hydrogens is 456 g/mol. The van der Waals surface area contributed by atoms with E-state index < -0.39 is 79.0 Å². The van der Waals surface area contributed by atoms with E-state index in [-0.39, 0.29) is 0 Å². The zero-order valence-electron chi connectivity index (χ0n) is 14.1. The zero-order chi connectivity index (χ0) is 22.5. The van der Waals surface area contributed by atoms with Crippen LogP contribution in [-0.4, -0.2) is 55.1 Å². The third-order valence-corrected chi connectivity index (χ3v) is 6.61.